The molecule has 6 nitrogen and oxygen atoms in total. The van der Waals surface area contributed by atoms with Gasteiger partial charge in [-0.05, 0) is 62.4 Å². The number of hydrogen-bond donors (Lipinski definition) is 1. The average Bonchev–Trinajstić information content (AvgIpc) is 3.08. The van der Waals surface area contributed by atoms with E-state index in [0.717, 1.165) is 43.0 Å². The maximum absolute atomic E-state index is 13.9. The molecular weight excluding hydrogens is 378 g/mol. The smallest absolute Gasteiger partial charge is 0.269 e. The first kappa shape index (κ1) is 19.2. The lowest BCUT2D eigenvalue weighted by atomic mass is 9.82. The first-order valence-corrected chi connectivity index (χ1v) is 9.51. The standard InChI is InChI=1S/C21H20F2N4O2/c22-15-10-14(11-16(23)12-15)21-20-13(8-9-24)2-1-3-19(20)26(25-21)17-4-6-18(7-5-17)27(28)29/h4-7,10-13H,1-3,8-9,24H2. The largest absolute Gasteiger partial charge is 0.330 e. The van der Waals surface area contributed by atoms with Crippen molar-refractivity contribution in [2.75, 3.05) is 6.54 Å². The van der Waals surface area contributed by atoms with E-state index in [1.54, 1.807) is 16.8 Å². The van der Waals surface area contributed by atoms with Crippen LogP contribution in [0.25, 0.3) is 16.9 Å². The van der Waals surface area contributed by atoms with Gasteiger partial charge < -0.3 is 5.73 Å². The third-order valence-corrected chi connectivity index (χ3v) is 5.35. The molecule has 1 heterocycles. The lowest BCUT2D eigenvalue weighted by molar-refractivity contribution is -0.384. The average molecular weight is 398 g/mol. The van der Waals surface area contributed by atoms with Crippen LogP contribution in [0.15, 0.2) is 42.5 Å². The van der Waals surface area contributed by atoms with Gasteiger partial charge in [-0.25, -0.2) is 13.5 Å². The topological polar surface area (TPSA) is 87.0 Å². The molecule has 0 bridgehead atoms. The molecule has 29 heavy (non-hydrogen) atoms. The summed E-state index contributed by atoms with van der Waals surface area (Å²) < 4.78 is 29.5. The lowest BCUT2D eigenvalue weighted by Crippen LogP contribution is -2.15. The molecule has 2 N–H and O–H groups in total. The zero-order valence-corrected chi connectivity index (χ0v) is 15.6. The van der Waals surface area contributed by atoms with Crippen LogP contribution in [0.4, 0.5) is 14.5 Å². The quantitative estimate of drug-likeness (QED) is 0.507. The van der Waals surface area contributed by atoms with Crippen molar-refractivity contribution in [2.24, 2.45) is 5.73 Å². The highest BCUT2D eigenvalue weighted by Crippen LogP contribution is 2.41. The fourth-order valence-electron chi connectivity index (χ4n) is 4.12. The number of hydrogen-bond acceptors (Lipinski definition) is 4. The van der Waals surface area contributed by atoms with Gasteiger partial charge in [-0.3, -0.25) is 10.1 Å². The van der Waals surface area contributed by atoms with Crippen LogP contribution in [0, 0.1) is 21.7 Å². The van der Waals surface area contributed by atoms with Crippen molar-refractivity contribution < 1.29 is 13.7 Å². The summed E-state index contributed by atoms with van der Waals surface area (Å²) in [5, 5.41) is 15.6. The van der Waals surface area contributed by atoms with Crippen LogP contribution in [0.5, 0.6) is 0 Å². The summed E-state index contributed by atoms with van der Waals surface area (Å²) in [5.74, 6) is -1.17. The molecule has 0 fully saturated rings. The second-order valence-electron chi connectivity index (χ2n) is 7.22. The van der Waals surface area contributed by atoms with E-state index < -0.39 is 16.6 Å². The Morgan fingerprint density at radius 2 is 1.86 bits per heavy atom. The lowest BCUT2D eigenvalue weighted by Gasteiger charge is -2.24. The molecule has 8 heteroatoms. The minimum atomic E-state index is -0.662. The highest BCUT2D eigenvalue weighted by Gasteiger charge is 2.29. The molecule has 0 saturated carbocycles. The number of fused-ring (bicyclic) bond motifs is 1. The molecule has 2 aromatic carbocycles. The van der Waals surface area contributed by atoms with Crippen LogP contribution >= 0.6 is 0 Å². The zero-order valence-electron chi connectivity index (χ0n) is 15.6. The zero-order chi connectivity index (χ0) is 20.5. The highest BCUT2D eigenvalue weighted by atomic mass is 19.1. The van der Waals surface area contributed by atoms with Crippen LogP contribution in [-0.2, 0) is 6.42 Å². The maximum atomic E-state index is 13.9. The van der Waals surface area contributed by atoms with E-state index in [2.05, 4.69) is 0 Å². The summed E-state index contributed by atoms with van der Waals surface area (Å²) in [7, 11) is 0. The first-order valence-electron chi connectivity index (χ1n) is 9.51. The normalized spacial score (nSPS) is 15.9. The molecule has 0 spiro atoms. The van der Waals surface area contributed by atoms with Crippen LogP contribution in [0.2, 0.25) is 0 Å². The Balaban J connectivity index is 1.90. The number of halogens is 2. The van der Waals surface area contributed by atoms with Crippen molar-refractivity contribution in [1.29, 1.82) is 0 Å². The van der Waals surface area contributed by atoms with E-state index in [9.17, 15) is 18.9 Å². The summed E-state index contributed by atoms with van der Waals surface area (Å²) in [4.78, 5) is 10.5. The molecule has 4 rings (SSSR count). The van der Waals surface area contributed by atoms with Gasteiger partial charge in [0.1, 0.15) is 11.6 Å². The van der Waals surface area contributed by atoms with Crippen molar-refractivity contribution >= 4 is 5.69 Å². The fraction of sp³-hybridized carbons (Fsp3) is 0.286. The van der Waals surface area contributed by atoms with Gasteiger partial charge in [0.2, 0.25) is 0 Å². The van der Waals surface area contributed by atoms with Crippen LogP contribution < -0.4 is 5.73 Å². The van der Waals surface area contributed by atoms with Gasteiger partial charge in [0.15, 0.2) is 0 Å². The molecule has 0 aliphatic heterocycles. The fourth-order valence-corrected chi connectivity index (χ4v) is 4.12. The number of nitrogens with zero attached hydrogens (tertiary/aromatic N) is 3. The molecular formula is C21H20F2N4O2. The molecule has 1 atom stereocenters. The number of rotatable bonds is 5. The monoisotopic (exact) mass is 398 g/mol. The summed E-state index contributed by atoms with van der Waals surface area (Å²) in [6, 6.07) is 9.50. The predicted molar refractivity (Wildman–Crippen MR) is 105 cm³/mol. The van der Waals surface area contributed by atoms with Crippen molar-refractivity contribution in [2.45, 2.75) is 31.6 Å². The minimum Gasteiger partial charge on any atom is -0.330 e. The van der Waals surface area contributed by atoms with Gasteiger partial charge in [0.25, 0.3) is 5.69 Å². The minimum absolute atomic E-state index is 0.0109. The van der Waals surface area contributed by atoms with Gasteiger partial charge in [0, 0.05) is 35.0 Å². The Morgan fingerprint density at radius 3 is 2.48 bits per heavy atom. The maximum Gasteiger partial charge on any atom is 0.269 e. The van der Waals surface area contributed by atoms with E-state index in [1.165, 1.54) is 24.3 Å². The number of nitrogens with two attached hydrogens (primary N) is 1. The predicted octanol–water partition coefficient (Wildman–Crippen LogP) is 4.49. The number of benzene rings is 2. The van der Waals surface area contributed by atoms with Crippen LogP contribution in [0.3, 0.4) is 0 Å². The third-order valence-electron chi connectivity index (χ3n) is 5.35. The number of nitro groups is 1. The Kier molecular flexibility index (Phi) is 5.10. The van der Waals surface area contributed by atoms with Gasteiger partial charge in [-0.2, -0.15) is 5.10 Å². The molecule has 0 saturated heterocycles. The molecule has 3 aromatic rings. The second-order valence-corrected chi connectivity index (χ2v) is 7.22. The van der Waals surface area contributed by atoms with Crippen molar-refractivity contribution in [3.05, 3.63) is 75.5 Å². The van der Waals surface area contributed by atoms with E-state index in [-0.39, 0.29) is 11.6 Å². The Bertz CT molecular complexity index is 1040. The Hall–Kier alpha value is -3.13. The van der Waals surface area contributed by atoms with E-state index >= 15 is 0 Å². The summed E-state index contributed by atoms with van der Waals surface area (Å²) >= 11 is 0. The molecule has 1 aromatic heterocycles. The summed E-state index contributed by atoms with van der Waals surface area (Å²) in [5.41, 5.74) is 9.30. The van der Waals surface area contributed by atoms with Gasteiger partial charge >= 0.3 is 0 Å². The molecule has 0 amide bonds. The van der Waals surface area contributed by atoms with E-state index in [1.807, 2.05) is 0 Å². The molecule has 1 aliphatic rings. The van der Waals surface area contributed by atoms with E-state index in [4.69, 9.17) is 10.8 Å². The first-order chi connectivity index (χ1) is 14.0. The summed E-state index contributed by atoms with van der Waals surface area (Å²) in [6.45, 7) is 0.504. The molecule has 1 unspecified atom stereocenters. The van der Waals surface area contributed by atoms with Gasteiger partial charge in [0.05, 0.1) is 16.3 Å². The van der Waals surface area contributed by atoms with Gasteiger partial charge in [-0.1, -0.05) is 0 Å². The number of aromatic nitrogens is 2. The Morgan fingerprint density at radius 1 is 1.17 bits per heavy atom. The van der Waals surface area contributed by atoms with Crippen LogP contribution in [0.1, 0.15) is 36.4 Å². The van der Waals surface area contributed by atoms with Crippen molar-refractivity contribution in [3.8, 4) is 16.9 Å². The molecule has 1 aliphatic carbocycles. The van der Waals surface area contributed by atoms with Gasteiger partial charge in [-0.15, -0.1) is 0 Å². The highest BCUT2D eigenvalue weighted by molar-refractivity contribution is 5.66. The summed E-state index contributed by atoms with van der Waals surface area (Å²) in [6.07, 6.45) is 3.40. The number of nitro benzene ring substituents is 1. The van der Waals surface area contributed by atoms with E-state index in [0.29, 0.717) is 23.5 Å². The second kappa shape index (κ2) is 7.71. The molecule has 0 radical (unpaired) electrons. The van der Waals surface area contributed by atoms with Crippen LogP contribution in [-0.4, -0.2) is 21.2 Å². The molecule has 150 valence electrons. The number of non-ortho nitro benzene ring substituents is 1. The SMILES string of the molecule is NCCC1CCCc2c1c(-c1cc(F)cc(F)c1)nn2-c1ccc([N+](=O)[O-])cc1. The van der Waals surface area contributed by atoms with Crippen molar-refractivity contribution in [3.63, 3.8) is 0 Å². The Labute approximate surface area is 166 Å². The van der Waals surface area contributed by atoms with Crippen molar-refractivity contribution in [1.82, 2.24) is 9.78 Å². The third kappa shape index (κ3) is 3.63.